The highest BCUT2D eigenvalue weighted by Gasteiger charge is 2.28. The lowest BCUT2D eigenvalue weighted by molar-refractivity contribution is 0.0990. The molecule has 1 saturated carbocycles. The van der Waals surface area contributed by atoms with Crippen molar-refractivity contribution in [2.24, 2.45) is 0 Å². The average Bonchev–Trinajstić information content (AvgIpc) is 3.11. The zero-order valence-electron chi connectivity index (χ0n) is 12.5. The summed E-state index contributed by atoms with van der Waals surface area (Å²) in [5, 5.41) is 3.22. The van der Waals surface area contributed by atoms with E-state index in [0.717, 1.165) is 24.3 Å². The fourth-order valence-electron chi connectivity index (χ4n) is 2.55. The van der Waals surface area contributed by atoms with E-state index in [1.165, 1.54) is 18.5 Å². The van der Waals surface area contributed by atoms with Gasteiger partial charge in [-0.25, -0.2) is 0 Å². The summed E-state index contributed by atoms with van der Waals surface area (Å²) in [6.45, 7) is 6.40. The molecule has 1 aliphatic rings. The summed E-state index contributed by atoms with van der Waals surface area (Å²) in [5.74, 6) is 0.207. The molecule has 0 aromatic carbocycles. The second-order valence-electron chi connectivity index (χ2n) is 5.79. The van der Waals surface area contributed by atoms with E-state index in [9.17, 15) is 4.79 Å². The van der Waals surface area contributed by atoms with Crippen LogP contribution in [0.25, 0.3) is 0 Å². The predicted molar refractivity (Wildman–Crippen MR) is 77.9 cm³/mol. The Balaban J connectivity index is 1.94. The summed E-state index contributed by atoms with van der Waals surface area (Å²) in [6, 6.07) is 2.69. The van der Waals surface area contributed by atoms with Gasteiger partial charge < -0.3 is 14.8 Å². The molecule has 1 aliphatic carbocycles. The quantitative estimate of drug-likeness (QED) is 0.602. The number of Topliss-reactive ketones (excluding diaryl/α,β-unsaturated/α-hetero) is 1. The lowest BCUT2D eigenvalue weighted by Gasteiger charge is -2.10. The normalized spacial score (nSPS) is 15.2. The van der Waals surface area contributed by atoms with Gasteiger partial charge in [-0.1, -0.05) is 0 Å². The molecule has 1 aromatic rings. The minimum absolute atomic E-state index is 0.207. The van der Waals surface area contributed by atoms with Crippen molar-refractivity contribution in [3.8, 4) is 0 Å². The third kappa shape index (κ3) is 3.45. The molecule has 1 heterocycles. The molecule has 4 nitrogen and oxygen atoms in total. The van der Waals surface area contributed by atoms with Crippen LogP contribution in [0.1, 0.15) is 40.6 Å². The number of aromatic nitrogens is 1. The van der Waals surface area contributed by atoms with Crippen molar-refractivity contribution >= 4 is 5.78 Å². The van der Waals surface area contributed by atoms with Crippen molar-refractivity contribution in [3.63, 3.8) is 0 Å². The van der Waals surface area contributed by atoms with E-state index in [0.29, 0.717) is 12.6 Å². The SMILES string of the molecule is Cc1cc(C(=O)CNCCN(C)C)c(C)n1C1CC1. The number of nitrogens with one attached hydrogen (secondary N) is 1. The Labute approximate surface area is 115 Å². The topological polar surface area (TPSA) is 37.3 Å². The minimum atomic E-state index is 0.207. The molecule has 0 amide bonds. The zero-order valence-corrected chi connectivity index (χ0v) is 12.5. The molecule has 19 heavy (non-hydrogen) atoms. The van der Waals surface area contributed by atoms with Gasteiger partial charge >= 0.3 is 0 Å². The minimum Gasteiger partial charge on any atom is -0.345 e. The first-order valence-electron chi connectivity index (χ1n) is 7.07. The number of carbonyl (C=O) groups is 1. The maximum Gasteiger partial charge on any atom is 0.178 e. The monoisotopic (exact) mass is 263 g/mol. The maximum atomic E-state index is 12.2. The van der Waals surface area contributed by atoms with Gasteiger partial charge in [0.25, 0.3) is 0 Å². The Hall–Kier alpha value is -1.13. The van der Waals surface area contributed by atoms with Crippen molar-refractivity contribution in [2.45, 2.75) is 32.7 Å². The van der Waals surface area contributed by atoms with Crippen LogP contribution < -0.4 is 5.32 Å². The van der Waals surface area contributed by atoms with Crippen molar-refractivity contribution in [2.75, 3.05) is 33.7 Å². The summed E-state index contributed by atoms with van der Waals surface area (Å²) in [7, 11) is 4.07. The van der Waals surface area contributed by atoms with Crippen LogP contribution in [0.15, 0.2) is 6.07 Å². The van der Waals surface area contributed by atoms with Crippen molar-refractivity contribution in [1.29, 1.82) is 0 Å². The van der Waals surface area contributed by atoms with E-state index < -0.39 is 0 Å². The molecule has 0 aliphatic heterocycles. The van der Waals surface area contributed by atoms with Crippen LogP contribution in [0.5, 0.6) is 0 Å². The molecule has 1 N–H and O–H groups in total. The second kappa shape index (κ2) is 5.88. The highest BCUT2D eigenvalue weighted by molar-refractivity contribution is 5.99. The molecular weight excluding hydrogens is 238 g/mol. The van der Waals surface area contributed by atoms with Gasteiger partial charge in [-0.15, -0.1) is 0 Å². The summed E-state index contributed by atoms with van der Waals surface area (Å²) in [5.41, 5.74) is 3.25. The highest BCUT2D eigenvalue weighted by atomic mass is 16.1. The standard InChI is InChI=1S/C15H25N3O/c1-11-9-14(12(2)18(11)13-5-6-13)15(19)10-16-7-8-17(3)4/h9,13,16H,5-8,10H2,1-4H3. The van der Waals surface area contributed by atoms with E-state index in [1.54, 1.807) is 0 Å². The molecule has 0 radical (unpaired) electrons. The third-order valence-corrected chi connectivity index (χ3v) is 3.72. The van der Waals surface area contributed by atoms with Crippen LogP contribution in [0.2, 0.25) is 0 Å². The first kappa shape index (κ1) is 14.3. The largest absolute Gasteiger partial charge is 0.345 e. The summed E-state index contributed by atoms with van der Waals surface area (Å²) < 4.78 is 2.33. The van der Waals surface area contributed by atoms with Gasteiger partial charge in [-0.3, -0.25) is 4.79 Å². The summed E-state index contributed by atoms with van der Waals surface area (Å²) in [4.78, 5) is 14.3. The van der Waals surface area contributed by atoms with Gasteiger partial charge in [-0.2, -0.15) is 0 Å². The van der Waals surface area contributed by atoms with Crippen molar-refractivity contribution in [1.82, 2.24) is 14.8 Å². The lowest BCUT2D eigenvalue weighted by Crippen LogP contribution is -2.30. The molecule has 1 aromatic heterocycles. The fraction of sp³-hybridized carbons (Fsp3) is 0.667. The Kier molecular flexibility index (Phi) is 4.42. The average molecular weight is 263 g/mol. The van der Waals surface area contributed by atoms with Crippen LogP contribution >= 0.6 is 0 Å². The van der Waals surface area contributed by atoms with Gasteiger partial charge in [0.1, 0.15) is 0 Å². The first-order valence-corrected chi connectivity index (χ1v) is 7.07. The van der Waals surface area contributed by atoms with Gasteiger partial charge in [0.15, 0.2) is 5.78 Å². The van der Waals surface area contributed by atoms with Crippen LogP contribution in [-0.2, 0) is 0 Å². The van der Waals surface area contributed by atoms with E-state index in [4.69, 9.17) is 0 Å². The molecule has 0 bridgehead atoms. The molecule has 106 valence electrons. The molecule has 4 heteroatoms. The smallest absolute Gasteiger partial charge is 0.178 e. The molecule has 2 rings (SSSR count). The van der Waals surface area contributed by atoms with Crippen LogP contribution in [0.3, 0.4) is 0 Å². The summed E-state index contributed by atoms with van der Waals surface area (Å²) >= 11 is 0. The number of hydrogen-bond acceptors (Lipinski definition) is 3. The van der Waals surface area contributed by atoms with Crippen LogP contribution in [-0.4, -0.2) is 49.0 Å². The molecule has 1 fully saturated rings. The Bertz CT molecular complexity index is 458. The fourth-order valence-corrected chi connectivity index (χ4v) is 2.55. The number of ketones is 1. The highest BCUT2D eigenvalue weighted by Crippen LogP contribution is 2.38. The van der Waals surface area contributed by atoms with E-state index in [-0.39, 0.29) is 5.78 Å². The summed E-state index contributed by atoms with van der Waals surface area (Å²) in [6.07, 6.45) is 2.51. The maximum absolute atomic E-state index is 12.2. The molecular formula is C15H25N3O. The van der Waals surface area contributed by atoms with Gasteiger partial charge in [0, 0.05) is 36.1 Å². The number of likely N-dealkylation sites (N-methyl/N-ethyl adjacent to an activating group) is 1. The molecule has 0 spiro atoms. The number of aryl methyl sites for hydroxylation is 1. The van der Waals surface area contributed by atoms with Gasteiger partial charge in [0.2, 0.25) is 0 Å². The van der Waals surface area contributed by atoms with Gasteiger partial charge in [0.05, 0.1) is 6.54 Å². The van der Waals surface area contributed by atoms with Crippen molar-refractivity contribution < 1.29 is 4.79 Å². The number of hydrogen-bond donors (Lipinski definition) is 1. The second-order valence-corrected chi connectivity index (χ2v) is 5.79. The Morgan fingerprint density at radius 3 is 2.68 bits per heavy atom. The van der Waals surface area contributed by atoms with E-state index in [1.807, 2.05) is 20.2 Å². The number of carbonyl (C=O) groups excluding carboxylic acids is 1. The predicted octanol–water partition coefficient (Wildman–Crippen LogP) is 1.77. The number of nitrogens with zero attached hydrogens (tertiary/aromatic N) is 2. The van der Waals surface area contributed by atoms with Crippen molar-refractivity contribution in [3.05, 3.63) is 23.0 Å². The Morgan fingerprint density at radius 1 is 1.42 bits per heavy atom. The number of rotatable bonds is 7. The van der Waals surface area contributed by atoms with E-state index in [2.05, 4.69) is 28.6 Å². The van der Waals surface area contributed by atoms with E-state index >= 15 is 0 Å². The Morgan fingerprint density at radius 2 is 2.11 bits per heavy atom. The molecule has 0 saturated heterocycles. The third-order valence-electron chi connectivity index (χ3n) is 3.72. The first-order chi connectivity index (χ1) is 9.00. The zero-order chi connectivity index (χ0) is 14.0. The van der Waals surface area contributed by atoms with Gasteiger partial charge in [-0.05, 0) is 46.9 Å². The molecule has 0 unspecified atom stereocenters. The molecule has 0 atom stereocenters. The lowest BCUT2D eigenvalue weighted by atomic mass is 10.1. The van der Waals surface area contributed by atoms with Crippen LogP contribution in [0.4, 0.5) is 0 Å². The van der Waals surface area contributed by atoms with Crippen LogP contribution in [0, 0.1) is 13.8 Å².